The molecule has 3 rings (SSSR count). The molecule has 180 valence electrons. The van der Waals surface area contributed by atoms with Crippen molar-refractivity contribution in [2.24, 2.45) is 5.14 Å². The molecule has 0 atom stereocenters. The molecule has 0 bridgehead atoms. The number of hydrogen-bond donors (Lipinski definition) is 2. The number of nitrogens with zero attached hydrogens (tertiary/aromatic N) is 1. The van der Waals surface area contributed by atoms with Gasteiger partial charge in [0.1, 0.15) is 24.1 Å². The van der Waals surface area contributed by atoms with Crippen molar-refractivity contribution in [3.8, 4) is 17.6 Å². The summed E-state index contributed by atoms with van der Waals surface area (Å²) in [6.07, 6.45) is 1.39. The molecule has 0 fully saturated rings. The lowest BCUT2D eigenvalue weighted by atomic mass is 10.1. The molecular formula is C25H22FN3O5S. The number of halogens is 1. The Kier molecular flexibility index (Phi) is 8.20. The quantitative estimate of drug-likeness (QED) is 0.341. The molecular weight excluding hydrogens is 473 g/mol. The van der Waals surface area contributed by atoms with Crippen LogP contribution in [0, 0.1) is 17.1 Å². The van der Waals surface area contributed by atoms with Gasteiger partial charge in [0.05, 0.1) is 11.5 Å². The van der Waals surface area contributed by atoms with Crippen LogP contribution in [0.3, 0.4) is 0 Å². The lowest BCUT2D eigenvalue weighted by Gasteiger charge is -2.13. The highest BCUT2D eigenvalue weighted by Gasteiger charge is 2.13. The number of carbonyl (C=O) groups is 1. The minimum atomic E-state index is -3.86. The van der Waals surface area contributed by atoms with E-state index in [1.807, 2.05) is 13.0 Å². The first-order valence-corrected chi connectivity index (χ1v) is 11.9. The van der Waals surface area contributed by atoms with E-state index in [0.29, 0.717) is 29.4 Å². The number of amides is 1. The van der Waals surface area contributed by atoms with Crippen LogP contribution >= 0.6 is 0 Å². The predicted molar refractivity (Wildman–Crippen MR) is 128 cm³/mol. The number of carbonyl (C=O) groups excluding carboxylic acids is 1. The van der Waals surface area contributed by atoms with Crippen molar-refractivity contribution >= 4 is 27.7 Å². The Morgan fingerprint density at radius 1 is 1.06 bits per heavy atom. The fourth-order valence-electron chi connectivity index (χ4n) is 2.99. The van der Waals surface area contributed by atoms with Gasteiger partial charge in [0.25, 0.3) is 5.91 Å². The number of primary sulfonamides is 1. The van der Waals surface area contributed by atoms with Crippen molar-refractivity contribution in [2.45, 2.75) is 18.4 Å². The van der Waals surface area contributed by atoms with Gasteiger partial charge in [-0.3, -0.25) is 4.79 Å². The van der Waals surface area contributed by atoms with Crippen LogP contribution in [0.2, 0.25) is 0 Å². The largest absolute Gasteiger partial charge is 0.490 e. The molecule has 0 aliphatic rings. The fourth-order valence-corrected chi connectivity index (χ4v) is 3.50. The molecule has 0 aromatic heterocycles. The molecule has 0 heterocycles. The first-order chi connectivity index (χ1) is 16.7. The number of nitrogens with one attached hydrogen (secondary N) is 1. The van der Waals surface area contributed by atoms with E-state index in [9.17, 15) is 22.9 Å². The third kappa shape index (κ3) is 7.14. The number of hydrogen-bond acceptors (Lipinski definition) is 6. The Hall–Kier alpha value is -4.20. The van der Waals surface area contributed by atoms with Gasteiger partial charge in [-0.05, 0) is 72.7 Å². The van der Waals surface area contributed by atoms with Crippen LogP contribution in [-0.4, -0.2) is 20.9 Å². The summed E-state index contributed by atoms with van der Waals surface area (Å²) in [5.74, 6) is -0.144. The summed E-state index contributed by atoms with van der Waals surface area (Å²) >= 11 is 0. The SMILES string of the molecule is CCOc1cc(C=C(C#N)C(=O)Nc2ccc(S(N)(=O)=O)cc2)ccc1OCc1ccc(F)cc1. The maximum Gasteiger partial charge on any atom is 0.266 e. The van der Waals surface area contributed by atoms with E-state index >= 15 is 0 Å². The summed E-state index contributed by atoms with van der Waals surface area (Å²) in [5.41, 5.74) is 1.42. The molecule has 0 unspecified atom stereocenters. The van der Waals surface area contributed by atoms with Gasteiger partial charge in [-0.1, -0.05) is 18.2 Å². The number of rotatable bonds is 9. The van der Waals surface area contributed by atoms with Gasteiger partial charge in [-0.2, -0.15) is 5.26 Å². The summed E-state index contributed by atoms with van der Waals surface area (Å²) in [6, 6.07) is 18.0. The normalized spacial score (nSPS) is 11.4. The van der Waals surface area contributed by atoms with Crippen molar-refractivity contribution in [2.75, 3.05) is 11.9 Å². The van der Waals surface area contributed by atoms with Gasteiger partial charge < -0.3 is 14.8 Å². The summed E-state index contributed by atoms with van der Waals surface area (Å²) in [5, 5.41) is 17.1. The van der Waals surface area contributed by atoms with E-state index in [2.05, 4.69) is 5.32 Å². The molecule has 3 N–H and O–H groups in total. The number of nitrogens with two attached hydrogens (primary N) is 1. The van der Waals surface area contributed by atoms with Crippen molar-refractivity contribution in [1.29, 1.82) is 5.26 Å². The average molecular weight is 496 g/mol. The molecule has 0 radical (unpaired) electrons. The molecule has 1 amide bonds. The average Bonchev–Trinajstić information content (AvgIpc) is 2.83. The van der Waals surface area contributed by atoms with E-state index < -0.39 is 15.9 Å². The van der Waals surface area contributed by atoms with E-state index in [1.165, 1.54) is 42.5 Å². The van der Waals surface area contributed by atoms with Crippen LogP contribution in [0.4, 0.5) is 10.1 Å². The number of anilines is 1. The lowest BCUT2D eigenvalue weighted by Crippen LogP contribution is -2.14. The summed E-state index contributed by atoms with van der Waals surface area (Å²) in [6.45, 7) is 2.37. The molecule has 0 saturated carbocycles. The van der Waals surface area contributed by atoms with Crippen LogP contribution in [-0.2, 0) is 21.4 Å². The maximum absolute atomic E-state index is 13.1. The number of nitriles is 1. The lowest BCUT2D eigenvalue weighted by molar-refractivity contribution is -0.112. The molecule has 10 heteroatoms. The third-order valence-corrected chi connectivity index (χ3v) is 5.62. The first kappa shape index (κ1) is 25.4. The topological polar surface area (TPSA) is 132 Å². The van der Waals surface area contributed by atoms with E-state index in [0.717, 1.165) is 5.56 Å². The van der Waals surface area contributed by atoms with Crippen molar-refractivity contribution < 1.29 is 27.1 Å². The number of ether oxygens (including phenoxy) is 2. The Balaban J connectivity index is 1.76. The number of sulfonamides is 1. The number of benzene rings is 3. The van der Waals surface area contributed by atoms with Crippen LogP contribution in [0.15, 0.2) is 77.2 Å². The standard InChI is InChI=1S/C25H22FN3O5S/c1-2-33-24-14-18(5-12-23(24)34-16-17-3-6-20(26)7-4-17)13-19(15-27)25(30)29-21-8-10-22(11-9-21)35(28,31)32/h3-14H,2,16H2,1H3,(H,29,30)(H2,28,31,32). The van der Waals surface area contributed by atoms with Crippen LogP contribution < -0.4 is 19.9 Å². The zero-order valence-electron chi connectivity index (χ0n) is 18.7. The van der Waals surface area contributed by atoms with Crippen molar-refractivity contribution in [3.05, 3.63) is 89.2 Å². The second-order valence-electron chi connectivity index (χ2n) is 7.25. The molecule has 35 heavy (non-hydrogen) atoms. The molecule has 3 aromatic rings. The Labute approximate surface area is 202 Å². The second-order valence-corrected chi connectivity index (χ2v) is 8.81. The maximum atomic E-state index is 13.1. The highest BCUT2D eigenvalue weighted by molar-refractivity contribution is 7.89. The third-order valence-electron chi connectivity index (χ3n) is 4.69. The van der Waals surface area contributed by atoms with Gasteiger partial charge >= 0.3 is 0 Å². The second kappa shape index (κ2) is 11.3. The smallest absolute Gasteiger partial charge is 0.266 e. The highest BCUT2D eigenvalue weighted by Crippen LogP contribution is 2.30. The minimum absolute atomic E-state index is 0.100. The van der Waals surface area contributed by atoms with E-state index in [4.69, 9.17) is 14.6 Å². The zero-order chi connectivity index (χ0) is 25.4. The van der Waals surface area contributed by atoms with Crippen LogP contribution in [0.1, 0.15) is 18.1 Å². The van der Waals surface area contributed by atoms with Crippen molar-refractivity contribution in [3.63, 3.8) is 0 Å². The van der Waals surface area contributed by atoms with Crippen LogP contribution in [0.25, 0.3) is 6.08 Å². The summed E-state index contributed by atoms with van der Waals surface area (Å²) in [7, 11) is -3.86. The highest BCUT2D eigenvalue weighted by atomic mass is 32.2. The van der Waals surface area contributed by atoms with Gasteiger partial charge in [0.15, 0.2) is 11.5 Å². The van der Waals surface area contributed by atoms with Crippen LogP contribution in [0.5, 0.6) is 11.5 Å². The monoisotopic (exact) mass is 495 g/mol. The van der Waals surface area contributed by atoms with Crippen molar-refractivity contribution in [1.82, 2.24) is 0 Å². The van der Waals surface area contributed by atoms with E-state index in [1.54, 1.807) is 30.3 Å². The molecule has 3 aromatic carbocycles. The summed E-state index contributed by atoms with van der Waals surface area (Å²) in [4.78, 5) is 12.5. The Morgan fingerprint density at radius 2 is 1.74 bits per heavy atom. The Morgan fingerprint density at radius 3 is 2.34 bits per heavy atom. The molecule has 0 saturated heterocycles. The minimum Gasteiger partial charge on any atom is -0.490 e. The van der Waals surface area contributed by atoms with Gasteiger partial charge in [-0.15, -0.1) is 0 Å². The van der Waals surface area contributed by atoms with Gasteiger partial charge in [0, 0.05) is 5.69 Å². The molecule has 0 aliphatic heterocycles. The Bertz CT molecular complexity index is 1380. The molecule has 0 aliphatic carbocycles. The first-order valence-electron chi connectivity index (χ1n) is 10.4. The van der Waals surface area contributed by atoms with Gasteiger partial charge in [0.2, 0.25) is 10.0 Å². The van der Waals surface area contributed by atoms with Gasteiger partial charge in [-0.25, -0.2) is 17.9 Å². The summed E-state index contributed by atoms with van der Waals surface area (Å²) < 4.78 is 47.2. The molecule has 0 spiro atoms. The predicted octanol–water partition coefficient (Wildman–Crippen LogP) is 4.00. The molecule has 8 nitrogen and oxygen atoms in total. The van der Waals surface area contributed by atoms with E-state index in [-0.39, 0.29) is 22.9 Å². The zero-order valence-corrected chi connectivity index (χ0v) is 19.5. The fraction of sp³-hybridized carbons (Fsp3) is 0.120.